The summed E-state index contributed by atoms with van der Waals surface area (Å²) in [4.78, 5) is 0. The first-order valence-corrected chi connectivity index (χ1v) is 10.3. The minimum Gasteiger partial charge on any atom is -0.207 e. The zero-order chi connectivity index (χ0) is 21.2. The third kappa shape index (κ3) is 3.85. The van der Waals surface area contributed by atoms with Crippen molar-refractivity contribution in [3.8, 4) is 22.3 Å². The molecule has 0 amide bonds. The van der Waals surface area contributed by atoms with Gasteiger partial charge >= 0.3 is 0 Å². The van der Waals surface area contributed by atoms with Gasteiger partial charge in [0.1, 0.15) is 11.6 Å². The van der Waals surface area contributed by atoms with Gasteiger partial charge in [0.2, 0.25) is 0 Å². The van der Waals surface area contributed by atoms with E-state index >= 15 is 0 Å². The molecule has 0 saturated heterocycles. The summed E-state index contributed by atoms with van der Waals surface area (Å²) in [6.07, 6.45) is 0.550. The van der Waals surface area contributed by atoms with Crippen molar-refractivity contribution in [1.29, 1.82) is 0 Å². The number of benzene rings is 5. The molecule has 0 spiro atoms. The van der Waals surface area contributed by atoms with Crippen LogP contribution >= 0.6 is 0 Å². The number of fused-ring (bicyclic) bond motifs is 1. The Labute approximate surface area is 180 Å². The Kier molecular flexibility index (Phi) is 5.05. The van der Waals surface area contributed by atoms with E-state index in [1.165, 1.54) is 12.1 Å². The molecule has 31 heavy (non-hydrogen) atoms. The molecule has 0 aromatic heterocycles. The van der Waals surface area contributed by atoms with Crippen molar-refractivity contribution < 1.29 is 8.78 Å². The third-order valence-corrected chi connectivity index (χ3v) is 5.59. The fourth-order valence-electron chi connectivity index (χ4n) is 4.28. The third-order valence-electron chi connectivity index (χ3n) is 5.59. The van der Waals surface area contributed by atoms with Gasteiger partial charge in [-0.1, -0.05) is 84.9 Å². The Hall–Kier alpha value is -3.78. The molecule has 0 saturated carbocycles. The van der Waals surface area contributed by atoms with Crippen LogP contribution in [-0.4, -0.2) is 0 Å². The summed E-state index contributed by atoms with van der Waals surface area (Å²) in [6.45, 7) is 0. The molecule has 0 nitrogen and oxygen atoms in total. The van der Waals surface area contributed by atoms with Crippen LogP contribution in [0, 0.1) is 11.6 Å². The predicted octanol–water partition coefficient (Wildman–Crippen LogP) is 8.04. The van der Waals surface area contributed by atoms with Crippen LogP contribution in [0.5, 0.6) is 0 Å². The van der Waals surface area contributed by atoms with E-state index in [0.29, 0.717) is 6.42 Å². The SMILES string of the molecule is Fc1cccc(Cc2cc3cc(F)ccc3c(-c3ccccc3)c2-c2ccccc2)c1. The summed E-state index contributed by atoms with van der Waals surface area (Å²) in [6, 6.07) is 34.0. The van der Waals surface area contributed by atoms with Crippen molar-refractivity contribution in [3.05, 3.63) is 132 Å². The highest BCUT2D eigenvalue weighted by atomic mass is 19.1. The van der Waals surface area contributed by atoms with E-state index in [0.717, 1.165) is 44.2 Å². The average Bonchev–Trinajstić information content (AvgIpc) is 2.79. The van der Waals surface area contributed by atoms with Crippen molar-refractivity contribution in [2.45, 2.75) is 6.42 Å². The van der Waals surface area contributed by atoms with Gasteiger partial charge in [0.15, 0.2) is 0 Å². The predicted molar refractivity (Wildman–Crippen MR) is 124 cm³/mol. The molecule has 0 aliphatic rings. The topological polar surface area (TPSA) is 0 Å². The second-order valence-electron chi connectivity index (χ2n) is 7.69. The van der Waals surface area contributed by atoms with Crippen LogP contribution in [0.4, 0.5) is 8.78 Å². The highest BCUT2D eigenvalue weighted by Crippen LogP contribution is 2.41. The Morgan fingerprint density at radius 2 is 1.16 bits per heavy atom. The summed E-state index contributed by atoms with van der Waals surface area (Å²) >= 11 is 0. The molecule has 0 bridgehead atoms. The van der Waals surface area contributed by atoms with E-state index in [1.807, 2.05) is 54.6 Å². The standard InChI is InChI=1S/C29H20F2/c30-25-13-7-8-20(17-25)16-24-18-23-19-26(31)14-15-27(23)29(22-11-5-2-6-12-22)28(24)21-9-3-1-4-10-21/h1-15,17-19H,16H2. The van der Waals surface area contributed by atoms with Gasteiger partial charge in [-0.3, -0.25) is 0 Å². The molecule has 0 unspecified atom stereocenters. The van der Waals surface area contributed by atoms with E-state index in [4.69, 9.17) is 0 Å². The van der Waals surface area contributed by atoms with Gasteiger partial charge in [0.05, 0.1) is 0 Å². The summed E-state index contributed by atoms with van der Waals surface area (Å²) in [5, 5.41) is 1.83. The normalized spacial score (nSPS) is 11.0. The van der Waals surface area contributed by atoms with Gasteiger partial charge in [-0.15, -0.1) is 0 Å². The monoisotopic (exact) mass is 406 g/mol. The fraction of sp³-hybridized carbons (Fsp3) is 0.0345. The maximum absolute atomic E-state index is 14.2. The van der Waals surface area contributed by atoms with Crippen molar-refractivity contribution in [3.63, 3.8) is 0 Å². The lowest BCUT2D eigenvalue weighted by Crippen LogP contribution is -1.98. The van der Waals surface area contributed by atoms with Crippen LogP contribution in [0.2, 0.25) is 0 Å². The molecular formula is C29H20F2. The molecule has 0 N–H and O–H groups in total. The number of halogens is 2. The molecule has 0 radical (unpaired) electrons. The number of rotatable bonds is 4. The Morgan fingerprint density at radius 3 is 1.84 bits per heavy atom. The van der Waals surface area contributed by atoms with Crippen LogP contribution in [-0.2, 0) is 6.42 Å². The van der Waals surface area contributed by atoms with Gasteiger partial charge < -0.3 is 0 Å². The second kappa shape index (κ2) is 8.16. The highest BCUT2D eigenvalue weighted by molar-refractivity contribution is 6.05. The summed E-state index contributed by atoms with van der Waals surface area (Å²) in [5.74, 6) is -0.524. The van der Waals surface area contributed by atoms with Crippen molar-refractivity contribution in [1.82, 2.24) is 0 Å². The molecule has 150 valence electrons. The van der Waals surface area contributed by atoms with Crippen LogP contribution in [0.15, 0.2) is 109 Å². The van der Waals surface area contributed by atoms with E-state index in [-0.39, 0.29) is 11.6 Å². The Balaban J connectivity index is 1.86. The van der Waals surface area contributed by atoms with E-state index < -0.39 is 0 Å². The lowest BCUT2D eigenvalue weighted by Gasteiger charge is -2.19. The maximum atomic E-state index is 14.2. The summed E-state index contributed by atoms with van der Waals surface area (Å²) < 4.78 is 28.1. The van der Waals surface area contributed by atoms with Gasteiger partial charge in [0, 0.05) is 0 Å². The lowest BCUT2D eigenvalue weighted by atomic mass is 9.84. The average molecular weight is 406 g/mol. The molecule has 2 heteroatoms. The van der Waals surface area contributed by atoms with Crippen LogP contribution in [0.25, 0.3) is 33.0 Å². The zero-order valence-electron chi connectivity index (χ0n) is 16.9. The van der Waals surface area contributed by atoms with Gasteiger partial charge in [-0.25, -0.2) is 8.78 Å². The van der Waals surface area contributed by atoms with Crippen molar-refractivity contribution in [2.75, 3.05) is 0 Å². The minimum absolute atomic E-state index is 0.256. The second-order valence-corrected chi connectivity index (χ2v) is 7.69. The molecule has 0 aliphatic carbocycles. The lowest BCUT2D eigenvalue weighted by molar-refractivity contribution is 0.626. The van der Waals surface area contributed by atoms with E-state index in [2.05, 4.69) is 24.3 Å². The molecule has 5 aromatic rings. The summed E-state index contributed by atoms with van der Waals surface area (Å²) in [5.41, 5.74) is 6.23. The van der Waals surface area contributed by atoms with Crippen LogP contribution in [0.3, 0.4) is 0 Å². The highest BCUT2D eigenvalue weighted by Gasteiger charge is 2.17. The zero-order valence-corrected chi connectivity index (χ0v) is 16.9. The first-order chi connectivity index (χ1) is 15.2. The van der Waals surface area contributed by atoms with Gasteiger partial charge in [-0.05, 0) is 74.8 Å². The first kappa shape index (κ1) is 19.2. The summed E-state index contributed by atoms with van der Waals surface area (Å²) in [7, 11) is 0. The first-order valence-electron chi connectivity index (χ1n) is 10.3. The molecule has 5 rings (SSSR count). The fourth-order valence-corrected chi connectivity index (χ4v) is 4.28. The molecule has 0 atom stereocenters. The quantitative estimate of drug-likeness (QED) is 0.283. The van der Waals surface area contributed by atoms with Crippen LogP contribution in [0.1, 0.15) is 11.1 Å². The largest absolute Gasteiger partial charge is 0.207 e. The van der Waals surface area contributed by atoms with Crippen molar-refractivity contribution >= 4 is 10.8 Å². The maximum Gasteiger partial charge on any atom is 0.123 e. The molecular weight excluding hydrogens is 386 g/mol. The van der Waals surface area contributed by atoms with Crippen molar-refractivity contribution in [2.24, 2.45) is 0 Å². The van der Waals surface area contributed by atoms with E-state index in [1.54, 1.807) is 18.2 Å². The van der Waals surface area contributed by atoms with Gasteiger partial charge in [-0.2, -0.15) is 0 Å². The van der Waals surface area contributed by atoms with Crippen LogP contribution < -0.4 is 0 Å². The smallest absolute Gasteiger partial charge is 0.123 e. The molecule has 0 fully saturated rings. The molecule has 0 aliphatic heterocycles. The number of hydrogen-bond donors (Lipinski definition) is 0. The Bertz CT molecular complexity index is 1360. The molecule has 5 aromatic carbocycles. The van der Waals surface area contributed by atoms with E-state index in [9.17, 15) is 8.78 Å². The Morgan fingerprint density at radius 1 is 0.516 bits per heavy atom. The number of hydrogen-bond acceptors (Lipinski definition) is 0. The molecule has 0 heterocycles. The van der Waals surface area contributed by atoms with Gasteiger partial charge in [0.25, 0.3) is 0 Å². The minimum atomic E-state index is -0.268.